The van der Waals surface area contributed by atoms with E-state index in [4.69, 9.17) is 10.8 Å². The van der Waals surface area contributed by atoms with Crippen molar-refractivity contribution in [3.8, 4) is 0 Å². The molecule has 4 atom stereocenters. The summed E-state index contributed by atoms with van der Waals surface area (Å²) in [5.41, 5.74) is 5.75. The van der Waals surface area contributed by atoms with E-state index in [0.29, 0.717) is 6.42 Å². The zero-order valence-corrected chi connectivity index (χ0v) is 18.3. The van der Waals surface area contributed by atoms with Crippen molar-refractivity contribution in [1.29, 1.82) is 0 Å². The largest absolute Gasteiger partial charge is 0.481 e. The monoisotopic (exact) mass is 446 g/mol. The molecule has 0 heterocycles. The number of rotatable bonds is 14. The number of amides is 3. The van der Waals surface area contributed by atoms with Crippen LogP contribution < -0.4 is 21.7 Å². The third-order valence-electron chi connectivity index (χ3n) is 4.39. The van der Waals surface area contributed by atoms with E-state index in [-0.39, 0.29) is 12.3 Å². The highest BCUT2D eigenvalue weighted by Gasteiger charge is 2.31. The molecule has 0 aromatic carbocycles. The molecule has 0 aromatic heterocycles. The first-order valence-electron chi connectivity index (χ1n) is 10.0. The lowest BCUT2D eigenvalue weighted by atomic mass is 10.0. The van der Waals surface area contributed by atoms with E-state index in [0.717, 1.165) is 0 Å². The van der Waals surface area contributed by atoms with E-state index in [2.05, 4.69) is 16.0 Å². The maximum absolute atomic E-state index is 12.5. The van der Waals surface area contributed by atoms with Gasteiger partial charge in [-0.2, -0.15) is 0 Å². The Morgan fingerprint density at radius 2 is 1.35 bits per heavy atom. The van der Waals surface area contributed by atoms with Crippen molar-refractivity contribution >= 4 is 29.7 Å². The van der Waals surface area contributed by atoms with E-state index in [1.54, 1.807) is 13.8 Å². The summed E-state index contributed by atoms with van der Waals surface area (Å²) in [6, 6.07) is -4.97. The maximum atomic E-state index is 12.5. The van der Waals surface area contributed by atoms with Crippen molar-refractivity contribution in [2.45, 2.75) is 71.1 Å². The Morgan fingerprint density at radius 1 is 0.839 bits per heavy atom. The molecule has 0 fully saturated rings. The molecule has 0 spiro atoms. The second kappa shape index (κ2) is 13.5. The zero-order chi connectivity index (χ0) is 24.3. The number of carbonyl (C=O) groups is 5. The smallest absolute Gasteiger partial charge is 0.326 e. The highest BCUT2D eigenvalue weighted by Crippen LogP contribution is 2.06. The van der Waals surface area contributed by atoms with Crippen LogP contribution in [0.1, 0.15) is 47.0 Å². The standard InChI is InChI=1S/C19H34N4O8/c1-9(2)7-11(20)16(27)22-13(8-24)18(29)21-12(5-6-14(25)26)17(28)23-15(10(3)4)19(30)31/h9-13,15,24H,5-8,20H2,1-4H3,(H,21,29)(H,22,27)(H,23,28)(H,25,26)(H,30,31). The van der Waals surface area contributed by atoms with Crippen molar-refractivity contribution in [2.24, 2.45) is 17.6 Å². The first kappa shape index (κ1) is 28.3. The Kier molecular flexibility index (Phi) is 12.4. The van der Waals surface area contributed by atoms with Gasteiger partial charge in [0.1, 0.15) is 18.1 Å². The fraction of sp³-hybridized carbons (Fsp3) is 0.737. The van der Waals surface area contributed by atoms with Crippen LogP contribution in [0.3, 0.4) is 0 Å². The normalized spacial score (nSPS) is 15.0. The molecule has 8 N–H and O–H groups in total. The average molecular weight is 447 g/mol. The molecule has 0 saturated heterocycles. The van der Waals surface area contributed by atoms with Crippen LogP contribution in [0.2, 0.25) is 0 Å². The molecule has 3 amide bonds. The molecular formula is C19H34N4O8. The number of carboxylic acid groups (broad SMARTS) is 2. The first-order chi connectivity index (χ1) is 14.3. The van der Waals surface area contributed by atoms with Crippen LogP contribution in [0, 0.1) is 11.8 Å². The maximum Gasteiger partial charge on any atom is 0.326 e. The van der Waals surface area contributed by atoms with Gasteiger partial charge in [0, 0.05) is 6.42 Å². The van der Waals surface area contributed by atoms with Crippen molar-refractivity contribution in [3.05, 3.63) is 0 Å². The van der Waals surface area contributed by atoms with E-state index in [1.807, 2.05) is 13.8 Å². The number of aliphatic hydroxyl groups is 1. The summed E-state index contributed by atoms with van der Waals surface area (Å²) in [5.74, 6) is -5.35. The molecule has 12 heteroatoms. The summed E-state index contributed by atoms with van der Waals surface area (Å²) in [5, 5.41) is 34.4. The zero-order valence-electron chi connectivity index (χ0n) is 18.3. The summed E-state index contributed by atoms with van der Waals surface area (Å²) in [7, 11) is 0. The number of aliphatic hydroxyl groups excluding tert-OH is 1. The lowest BCUT2D eigenvalue weighted by Gasteiger charge is -2.25. The number of hydrogen-bond donors (Lipinski definition) is 7. The first-order valence-corrected chi connectivity index (χ1v) is 10.0. The lowest BCUT2D eigenvalue weighted by Crippen LogP contribution is -2.58. The summed E-state index contributed by atoms with van der Waals surface area (Å²) >= 11 is 0. The average Bonchev–Trinajstić information content (AvgIpc) is 2.65. The highest BCUT2D eigenvalue weighted by atomic mass is 16.4. The van der Waals surface area contributed by atoms with Crippen LogP contribution in [0.5, 0.6) is 0 Å². The van der Waals surface area contributed by atoms with Gasteiger partial charge in [0.25, 0.3) is 0 Å². The molecule has 0 aliphatic carbocycles. The van der Waals surface area contributed by atoms with Crippen molar-refractivity contribution in [2.75, 3.05) is 6.61 Å². The van der Waals surface area contributed by atoms with E-state index >= 15 is 0 Å². The molecule has 0 radical (unpaired) electrons. The number of nitrogens with two attached hydrogens (primary N) is 1. The minimum Gasteiger partial charge on any atom is -0.481 e. The minimum atomic E-state index is -1.42. The molecule has 0 aliphatic heterocycles. The van der Waals surface area contributed by atoms with Crippen LogP contribution >= 0.6 is 0 Å². The SMILES string of the molecule is CC(C)CC(N)C(=O)NC(CO)C(=O)NC(CCC(=O)O)C(=O)NC(C(=O)O)C(C)C. The van der Waals surface area contributed by atoms with Gasteiger partial charge in [-0.05, 0) is 24.7 Å². The Labute approximate surface area is 180 Å². The molecule has 0 bridgehead atoms. The highest BCUT2D eigenvalue weighted by molar-refractivity contribution is 5.94. The summed E-state index contributed by atoms with van der Waals surface area (Å²) < 4.78 is 0. The van der Waals surface area contributed by atoms with Gasteiger partial charge in [-0.3, -0.25) is 19.2 Å². The van der Waals surface area contributed by atoms with Gasteiger partial charge in [-0.25, -0.2) is 4.79 Å². The van der Waals surface area contributed by atoms with Gasteiger partial charge in [0.15, 0.2) is 0 Å². The Balaban J connectivity index is 5.31. The summed E-state index contributed by atoms with van der Waals surface area (Å²) in [4.78, 5) is 59.4. The van der Waals surface area contributed by atoms with Crippen LogP contribution in [0.25, 0.3) is 0 Å². The fourth-order valence-corrected chi connectivity index (χ4v) is 2.66. The number of carboxylic acids is 2. The topological polar surface area (TPSA) is 208 Å². The van der Waals surface area contributed by atoms with Crippen molar-refractivity contribution in [3.63, 3.8) is 0 Å². The molecule has 0 rings (SSSR count). The second-order valence-electron chi connectivity index (χ2n) is 8.04. The Bertz CT molecular complexity index is 653. The van der Waals surface area contributed by atoms with Crippen LogP contribution in [-0.4, -0.2) is 75.8 Å². The van der Waals surface area contributed by atoms with Gasteiger partial charge in [-0.15, -0.1) is 0 Å². The molecule has 12 nitrogen and oxygen atoms in total. The quantitative estimate of drug-likeness (QED) is 0.164. The molecule has 0 aromatic rings. The fourth-order valence-electron chi connectivity index (χ4n) is 2.66. The molecule has 4 unspecified atom stereocenters. The molecule has 178 valence electrons. The van der Waals surface area contributed by atoms with E-state index in [1.165, 1.54) is 0 Å². The van der Waals surface area contributed by atoms with Gasteiger partial charge in [0.05, 0.1) is 12.6 Å². The van der Waals surface area contributed by atoms with E-state index < -0.39 is 72.8 Å². The predicted molar refractivity (Wildman–Crippen MR) is 110 cm³/mol. The number of nitrogens with one attached hydrogen (secondary N) is 3. The Hall–Kier alpha value is -2.73. The van der Waals surface area contributed by atoms with Gasteiger partial charge in [-0.1, -0.05) is 27.7 Å². The van der Waals surface area contributed by atoms with Crippen molar-refractivity contribution in [1.82, 2.24) is 16.0 Å². The predicted octanol–water partition coefficient (Wildman–Crippen LogP) is -1.59. The third-order valence-corrected chi connectivity index (χ3v) is 4.39. The third kappa shape index (κ3) is 10.7. The van der Waals surface area contributed by atoms with E-state index in [9.17, 15) is 34.2 Å². The number of aliphatic carboxylic acids is 2. The summed E-state index contributed by atoms with van der Waals surface area (Å²) in [6.07, 6.45) is -0.454. The molecule has 31 heavy (non-hydrogen) atoms. The van der Waals surface area contributed by atoms with Crippen molar-refractivity contribution < 1.29 is 39.3 Å². The van der Waals surface area contributed by atoms with Gasteiger partial charge in [0.2, 0.25) is 17.7 Å². The van der Waals surface area contributed by atoms with Crippen LogP contribution in [0.4, 0.5) is 0 Å². The number of hydrogen-bond acceptors (Lipinski definition) is 7. The minimum absolute atomic E-state index is 0.120. The molecule has 0 saturated carbocycles. The molecular weight excluding hydrogens is 412 g/mol. The lowest BCUT2D eigenvalue weighted by molar-refractivity contribution is -0.144. The van der Waals surface area contributed by atoms with Gasteiger partial charge >= 0.3 is 11.9 Å². The van der Waals surface area contributed by atoms with Crippen LogP contribution in [0.15, 0.2) is 0 Å². The van der Waals surface area contributed by atoms with Gasteiger partial charge < -0.3 is 37.0 Å². The molecule has 0 aliphatic rings. The van der Waals surface area contributed by atoms with Crippen LogP contribution in [-0.2, 0) is 24.0 Å². The number of carbonyl (C=O) groups excluding carboxylic acids is 3. The second-order valence-corrected chi connectivity index (χ2v) is 8.04. The summed E-state index contributed by atoms with van der Waals surface area (Å²) in [6.45, 7) is 6.07. The Morgan fingerprint density at radius 3 is 1.77 bits per heavy atom.